The van der Waals surface area contributed by atoms with Gasteiger partial charge in [0.2, 0.25) is 0 Å². The van der Waals surface area contributed by atoms with Gasteiger partial charge in [-0.1, -0.05) is 17.7 Å². The zero-order chi connectivity index (χ0) is 13.1. The molecule has 0 saturated carbocycles. The highest BCUT2D eigenvalue weighted by Gasteiger charge is 2.05. The van der Waals surface area contributed by atoms with Crippen molar-refractivity contribution in [2.75, 3.05) is 5.32 Å². The Labute approximate surface area is 127 Å². The number of hydrogen-bond donors (Lipinski definition) is 2. The number of nitrogens with one attached hydrogen (secondary N) is 1. The van der Waals surface area contributed by atoms with E-state index in [1.54, 1.807) is 0 Å². The van der Waals surface area contributed by atoms with E-state index in [0.29, 0.717) is 20.5 Å². The number of hydrogen-bond acceptors (Lipinski definition) is 2. The minimum Gasteiger partial charge on any atom is -0.506 e. The molecule has 2 N–H and O–H groups in total. The highest BCUT2D eigenvalue weighted by atomic mass is 79.9. The van der Waals surface area contributed by atoms with Gasteiger partial charge in [0.1, 0.15) is 5.75 Å². The Kier molecular flexibility index (Phi) is 4.54. The number of rotatable bonds is 3. The van der Waals surface area contributed by atoms with Gasteiger partial charge in [-0.25, -0.2) is 0 Å². The summed E-state index contributed by atoms with van der Waals surface area (Å²) in [4.78, 5) is 0. The first-order chi connectivity index (χ1) is 8.56. The predicted octanol–water partition coefficient (Wildman–Crippen LogP) is 5.18. The molecule has 2 aromatic carbocycles. The topological polar surface area (TPSA) is 32.3 Å². The maximum atomic E-state index is 9.62. The number of halogens is 3. The molecule has 0 unspecified atom stereocenters. The van der Waals surface area contributed by atoms with Gasteiger partial charge in [-0.05, 0) is 67.8 Å². The van der Waals surface area contributed by atoms with E-state index in [4.69, 9.17) is 11.6 Å². The molecule has 2 aromatic rings. The Morgan fingerprint density at radius 1 is 1.11 bits per heavy atom. The molecule has 0 spiro atoms. The van der Waals surface area contributed by atoms with Crippen LogP contribution in [0.1, 0.15) is 5.56 Å². The van der Waals surface area contributed by atoms with Crippen molar-refractivity contribution in [2.24, 2.45) is 0 Å². The Morgan fingerprint density at radius 2 is 1.78 bits per heavy atom. The summed E-state index contributed by atoms with van der Waals surface area (Å²) in [5.74, 6) is 0.210. The molecule has 0 fully saturated rings. The van der Waals surface area contributed by atoms with Gasteiger partial charge in [0.25, 0.3) is 0 Å². The molecular weight excluding hydrogens is 381 g/mol. The van der Waals surface area contributed by atoms with Gasteiger partial charge in [0.15, 0.2) is 0 Å². The van der Waals surface area contributed by atoms with Crippen molar-refractivity contribution >= 4 is 49.1 Å². The van der Waals surface area contributed by atoms with Crippen LogP contribution in [0.5, 0.6) is 5.75 Å². The lowest BCUT2D eigenvalue weighted by atomic mass is 10.2. The molecule has 0 aliphatic heterocycles. The zero-order valence-corrected chi connectivity index (χ0v) is 13.2. The molecular formula is C13H10Br2ClNO. The highest BCUT2D eigenvalue weighted by Crippen LogP contribution is 2.33. The fourth-order valence-corrected chi connectivity index (χ4v) is 2.99. The van der Waals surface area contributed by atoms with E-state index in [1.807, 2.05) is 36.4 Å². The maximum absolute atomic E-state index is 9.62. The Balaban J connectivity index is 2.11. The fraction of sp³-hybridized carbons (Fsp3) is 0.0769. The lowest BCUT2D eigenvalue weighted by Crippen LogP contribution is -1.99. The summed E-state index contributed by atoms with van der Waals surface area (Å²) in [6.07, 6.45) is 0. The van der Waals surface area contributed by atoms with Gasteiger partial charge in [0.05, 0.1) is 8.95 Å². The molecule has 5 heteroatoms. The zero-order valence-electron chi connectivity index (χ0n) is 9.25. The molecule has 94 valence electrons. The van der Waals surface area contributed by atoms with Crippen LogP contribution in [0.15, 0.2) is 45.3 Å². The first-order valence-corrected chi connectivity index (χ1v) is 7.19. The van der Waals surface area contributed by atoms with Gasteiger partial charge in [-0.2, -0.15) is 0 Å². The molecule has 0 heterocycles. The first-order valence-electron chi connectivity index (χ1n) is 5.22. The van der Waals surface area contributed by atoms with E-state index in [1.165, 1.54) is 0 Å². The van der Waals surface area contributed by atoms with Crippen LogP contribution < -0.4 is 5.32 Å². The molecule has 18 heavy (non-hydrogen) atoms. The van der Waals surface area contributed by atoms with Gasteiger partial charge in [-0.15, -0.1) is 0 Å². The molecule has 0 saturated heterocycles. The van der Waals surface area contributed by atoms with Crippen molar-refractivity contribution in [3.05, 3.63) is 55.9 Å². The molecule has 2 rings (SSSR count). The van der Waals surface area contributed by atoms with Crippen molar-refractivity contribution in [1.82, 2.24) is 0 Å². The van der Waals surface area contributed by atoms with Crippen LogP contribution in [0.3, 0.4) is 0 Å². The normalized spacial score (nSPS) is 10.4. The molecule has 0 bridgehead atoms. The third-order valence-electron chi connectivity index (χ3n) is 2.40. The third-order valence-corrected chi connectivity index (χ3v) is 3.84. The van der Waals surface area contributed by atoms with Crippen molar-refractivity contribution in [2.45, 2.75) is 6.54 Å². The molecule has 0 aromatic heterocycles. The summed E-state index contributed by atoms with van der Waals surface area (Å²) < 4.78 is 1.33. The van der Waals surface area contributed by atoms with Crippen molar-refractivity contribution in [1.29, 1.82) is 0 Å². The number of aromatic hydroxyl groups is 1. The predicted molar refractivity (Wildman–Crippen MR) is 82.3 cm³/mol. The van der Waals surface area contributed by atoms with E-state index < -0.39 is 0 Å². The van der Waals surface area contributed by atoms with Crippen LogP contribution >= 0.6 is 43.5 Å². The molecule has 0 aliphatic carbocycles. The first kappa shape index (κ1) is 13.7. The van der Waals surface area contributed by atoms with Crippen LogP contribution in [0.2, 0.25) is 5.02 Å². The van der Waals surface area contributed by atoms with Gasteiger partial charge in [-0.3, -0.25) is 0 Å². The molecule has 0 radical (unpaired) electrons. The Bertz CT molecular complexity index is 552. The molecule has 0 atom stereocenters. The van der Waals surface area contributed by atoms with Crippen molar-refractivity contribution in [3.63, 3.8) is 0 Å². The van der Waals surface area contributed by atoms with Gasteiger partial charge >= 0.3 is 0 Å². The second kappa shape index (κ2) is 5.95. The SMILES string of the molecule is Oc1c(Br)cc(CNc2cccc(Cl)c2)cc1Br. The molecule has 0 amide bonds. The minimum atomic E-state index is 0.210. The highest BCUT2D eigenvalue weighted by molar-refractivity contribution is 9.11. The third kappa shape index (κ3) is 3.40. The average molecular weight is 391 g/mol. The molecule has 0 aliphatic rings. The van der Waals surface area contributed by atoms with Gasteiger partial charge in [0, 0.05) is 17.3 Å². The van der Waals surface area contributed by atoms with E-state index in [2.05, 4.69) is 37.2 Å². The lowest BCUT2D eigenvalue weighted by Gasteiger charge is -2.09. The number of benzene rings is 2. The van der Waals surface area contributed by atoms with Crippen LogP contribution in [0.4, 0.5) is 5.69 Å². The number of phenolic OH excluding ortho intramolecular Hbond substituents is 1. The van der Waals surface area contributed by atoms with Gasteiger partial charge < -0.3 is 10.4 Å². The summed E-state index contributed by atoms with van der Waals surface area (Å²) >= 11 is 12.5. The van der Waals surface area contributed by atoms with E-state index >= 15 is 0 Å². The van der Waals surface area contributed by atoms with Crippen molar-refractivity contribution in [3.8, 4) is 5.75 Å². The second-order valence-electron chi connectivity index (χ2n) is 3.77. The van der Waals surface area contributed by atoms with E-state index in [9.17, 15) is 5.11 Å². The summed E-state index contributed by atoms with van der Waals surface area (Å²) in [6.45, 7) is 0.651. The quantitative estimate of drug-likeness (QED) is 0.755. The second-order valence-corrected chi connectivity index (χ2v) is 5.92. The standard InChI is InChI=1S/C13H10Br2ClNO/c14-11-4-8(5-12(15)13(11)18)7-17-10-3-1-2-9(16)6-10/h1-6,17-18H,7H2. The van der Waals surface area contributed by atoms with Crippen LogP contribution in [-0.2, 0) is 6.54 Å². The number of anilines is 1. The van der Waals surface area contributed by atoms with Crippen LogP contribution in [0.25, 0.3) is 0 Å². The minimum absolute atomic E-state index is 0.210. The summed E-state index contributed by atoms with van der Waals surface area (Å²) in [7, 11) is 0. The fourth-order valence-electron chi connectivity index (χ4n) is 1.52. The molecule has 2 nitrogen and oxygen atoms in total. The van der Waals surface area contributed by atoms with E-state index in [-0.39, 0.29) is 5.75 Å². The van der Waals surface area contributed by atoms with Crippen molar-refractivity contribution < 1.29 is 5.11 Å². The smallest absolute Gasteiger partial charge is 0.143 e. The maximum Gasteiger partial charge on any atom is 0.143 e. The van der Waals surface area contributed by atoms with Crippen LogP contribution in [-0.4, -0.2) is 5.11 Å². The monoisotopic (exact) mass is 389 g/mol. The Hall–Kier alpha value is -0.710. The summed E-state index contributed by atoms with van der Waals surface area (Å²) in [5, 5.41) is 13.6. The Morgan fingerprint density at radius 3 is 2.39 bits per heavy atom. The number of phenols is 1. The summed E-state index contributed by atoms with van der Waals surface area (Å²) in [5.41, 5.74) is 2.01. The summed E-state index contributed by atoms with van der Waals surface area (Å²) in [6, 6.07) is 11.3. The largest absolute Gasteiger partial charge is 0.506 e. The lowest BCUT2D eigenvalue weighted by molar-refractivity contribution is 0.468. The average Bonchev–Trinajstić information content (AvgIpc) is 2.33. The van der Waals surface area contributed by atoms with Crippen LogP contribution in [0, 0.1) is 0 Å². The van der Waals surface area contributed by atoms with E-state index in [0.717, 1.165) is 11.3 Å².